The molecule has 0 saturated carbocycles. The zero-order valence-corrected chi connectivity index (χ0v) is 8.16. The average molecular weight is 189 g/mol. The minimum absolute atomic E-state index is 0.402. The number of aliphatic hydroxyl groups is 1. The molecule has 0 amide bonds. The van der Waals surface area contributed by atoms with Gasteiger partial charge in [0.15, 0.2) is 0 Å². The normalized spacial score (nSPS) is 24.9. The molecule has 0 spiro atoms. The van der Waals surface area contributed by atoms with Gasteiger partial charge in [-0.3, -0.25) is 0 Å². The highest BCUT2D eigenvalue weighted by Crippen LogP contribution is 2.02. The minimum Gasteiger partial charge on any atom is -0.389 e. The van der Waals surface area contributed by atoms with Crippen molar-refractivity contribution >= 4 is 0 Å². The van der Waals surface area contributed by atoms with E-state index in [1.807, 2.05) is 6.92 Å². The first kappa shape index (κ1) is 10.9. The molecule has 4 heteroatoms. The Bertz CT molecular complexity index is 126. The van der Waals surface area contributed by atoms with Gasteiger partial charge in [0, 0.05) is 25.8 Å². The smallest absolute Gasteiger partial charge is 0.0897 e. The second kappa shape index (κ2) is 6.32. The Morgan fingerprint density at radius 3 is 3.15 bits per heavy atom. The Morgan fingerprint density at radius 2 is 2.54 bits per heavy atom. The lowest BCUT2D eigenvalue weighted by Crippen LogP contribution is -2.37. The zero-order chi connectivity index (χ0) is 9.52. The van der Waals surface area contributed by atoms with Crippen LogP contribution < -0.4 is 5.32 Å². The van der Waals surface area contributed by atoms with E-state index in [0.29, 0.717) is 25.8 Å². The molecule has 2 unspecified atom stereocenters. The largest absolute Gasteiger partial charge is 0.389 e. The lowest BCUT2D eigenvalue weighted by atomic mass is 10.2. The van der Waals surface area contributed by atoms with Crippen LogP contribution in [0.3, 0.4) is 0 Å². The van der Waals surface area contributed by atoms with E-state index in [9.17, 15) is 5.11 Å². The number of rotatable bonds is 6. The molecule has 1 aliphatic heterocycles. The van der Waals surface area contributed by atoms with Crippen LogP contribution >= 0.6 is 0 Å². The molecule has 1 rings (SSSR count). The van der Waals surface area contributed by atoms with Gasteiger partial charge in [-0.25, -0.2) is 0 Å². The van der Waals surface area contributed by atoms with E-state index in [4.69, 9.17) is 9.47 Å². The third-order valence-electron chi connectivity index (χ3n) is 2.09. The Morgan fingerprint density at radius 1 is 1.69 bits per heavy atom. The van der Waals surface area contributed by atoms with Gasteiger partial charge in [0.2, 0.25) is 0 Å². The molecule has 0 aliphatic carbocycles. The maximum atomic E-state index is 9.41. The van der Waals surface area contributed by atoms with E-state index in [2.05, 4.69) is 5.32 Å². The summed E-state index contributed by atoms with van der Waals surface area (Å²) in [5, 5.41) is 12.6. The van der Waals surface area contributed by atoms with Crippen molar-refractivity contribution in [2.75, 3.05) is 33.0 Å². The minimum atomic E-state index is -0.402. The van der Waals surface area contributed by atoms with Crippen LogP contribution in [-0.4, -0.2) is 50.2 Å². The molecule has 0 aromatic heterocycles. The predicted octanol–water partition coefficient (Wildman–Crippen LogP) is -0.238. The zero-order valence-electron chi connectivity index (χ0n) is 8.16. The lowest BCUT2D eigenvalue weighted by Gasteiger charge is -2.14. The highest BCUT2D eigenvalue weighted by Gasteiger charge is 2.15. The molecule has 13 heavy (non-hydrogen) atoms. The summed E-state index contributed by atoms with van der Waals surface area (Å²) in [6.45, 7) is 5.18. The van der Waals surface area contributed by atoms with Crippen LogP contribution in [0.2, 0.25) is 0 Å². The van der Waals surface area contributed by atoms with Gasteiger partial charge in [-0.15, -0.1) is 0 Å². The Labute approximate surface area is 79.2 Å². The van der Waals surface area contributed by atoms with E-state index < -0.39 is 6.10 Å². The molecule has 1 fully saturated rings. The fraction of sp³-hybridized carbons (Fsp3) is 1.00. The third-order valence-corrected chi connectivity index (χ3v) is 2.09. The van der Waals surface area contributed by atoms with Crippen molar-refractivity contribution in [3.05, 3.63) is 0 Å². The molecule has 2 atom stereocenters. The van der Waals surface area contributed by atoms with E-state index in [1.165, 1.54) is 0 Å². The van der Waals surface area contributed by atoms with Crippen LogP contribution in [0.4, 0.5) is 0 Å². The summed E-state index contributed by atoms with van der Waals surface area (Å²) in [6.07, 6.45) is 0.641. The molecule has 1 heterocycles. The van der Waals surface area contributed by atoms with Gasteiger partial charge in [-0.1, -0.05) is 0 Å². The van der Waals surface area contributed by atoms with Gasteiger partial charge in [-0.2, -0.15) is 0 Å². The summed E-state index contributed by atoms with van der Waals surface area (Å²) in [5.41, 5.74) is 0. The summed E-state index contributed by atoms with van der Waals surface area (Å²) in [7, 11) is 0. The van der Waals surface area contributed by atoms with E-state index >= 15 is 0 Å². The molecular formula is C9H19NO3. The summed E-state index contributed by atoms with van der Waals surface area (Å²) < 4.78 is 10.3. The lowest BCUT2D eigenvalue weighted by molar-refractivity contribution is 0.0411. The van der Waals surface area contributed by atoms with Crippen molar-refractivity contribution in [3.63, 3.8) is 0 Å². The highest BCUT2D eigenvalue weighted by atomic mass is 16.5. The molecule has 0 radical (unpaired) electrons. The van der Waals surface area contributed by atoms with Crippen molar-refractivity contribution in [3.8, 4) is 0 Å². The molecule has 78 valence electrons. The topological polar surface area (TPSA) is 50.7 Å². The molecule has 1 saturated heterocycles. The first-order valence-corrected chi connectivity index (χ1v) is 4.90. The highest BCUT2D eigenvalue weighted by molar-refractivity contribution is 4.72. The summed E-state index contributed by atoms with van der Waals surface area (Å²) in [6, 6.07) is 0.413. The molecule has 0 bridgehead atoms. The van der Waals surface area contributed by atoms with Crippen molar-refractivity contribution in [2.24, 2.45) is 0 Å². The molecule has 2 N–H and O–H groups in total. The summed E-state index contributed by atoms with van der Waals surface area (Å²) in [4.78, 5) is 0. The van der Waals surface area contributed by atoms with Crippen LogP contribution in [0.25, 0.3) is 0 Å². The number of hydrogen-bond acceptors (Lipinski definition) is 4. The SMILES string of the molecule is CCOCC(O)CNC1CCOC1. The quantitative estimate of drug-likeness (QED) is 0.605. The van der Waals surface area contributed by atoms with Crippen molar-refractivity contribution in [2.45, 2.75) is 25.5 Å². The van der Waals surface area contributed by atoms with Gasteiger partial charge >= 0.3 is 0 Å². The van der Waals surface area contributed by atoms with Crippen LogP contribution in [0.1, 0.15) is 13.3 Å². The number of hydrogen-bond donors (Lipinski definition) is 2. The van der Waals surface area contributed by atoms with Gasteiger partial charge < -0.3 is 19.9 Å². The Kier molecular flexibility index (Phi) is 5.31. The second-order valence-electron chi connectivity index (χ2n) is 3.28. The number of aliphatic hydroxyl groups excluding tert-OH is 1. The van der Waals surface area contributed by atoms with Gasteiger partial charge in [0.05, 0.1) is 19.3 Å². The van der Waals surface area contributed by atoms with Gasteiger partial charge in [-0.05, 0) is 13.3 Å². The Hall–Kier alpha value is -0.160. The summed E-state index contributed by atoms with van der Waals surface area (Å²) >= 11 is 0. The first-order valence-electron chi connectivity index (χ1n) is 4.90. The molecule has 1 aliphatic rings. The van der Waals surface area contributed by atoms with Crippen LogP contribution in [0, 0.1) is 0 Å². The molecule has 4 nitrogen and oxygen atoms in total. The van der Waals surface area contributed by atoms with Gasteiger partial charge in [0.1, 0.15) is 0 Å². The molecule has 0 aromatic carbocycles. The Balaban J connectivity index is 1.97. The predicted molar refractivity (Wildman–Crippen MR) is 49.7 cm³/mol. The molecule has 0 aromatic rings. The summed E-state index contributed by atoms with van der Waals surface area (Å²) in [5.74, 6) is 0. The fourth-order valence-corrected chi connectivity index (χ4v) is 1.31. The van der Waals surface area contributed by atoms with Crippen LogP contribution in [0.15, 0.2) is 0 Å². The van der Waals surface area contributed by atoms with E-state index in [-0.39, 0.29) is 0 Å². The van der Waals surface area contributed by atoms with Crippen molar-refractivity contribution < 1.29 is 14.6 Å². The third kappa shape index (κ3) is 4.57. The van der Waals surface area contributed by atoms with Crippen molar-refractivity contribution in [1.29, 1.82) is 0 Å². The van der Waals surface area contributed by atoms with Crippen molar-refractivity contribution in [1.82, 2.24) is 5.32 Å². The van der Waals surface area contributed by atoms with Gasteiger partial charge in [0.25, 0.3) is 0 Å². The maximum Gasteiger partial charge on any atom is 0.0897 e. The number of nitrogens with one attached hydrogen (secondary N) is 1. The number of ether oxygens (including phenoxy) is 2. The van der Waals surface area contributed by atoms with E-state index in [0.717, 1.165) is 19.6 Å². The van der Waals surface area contributed by atoms with Crippen LogP contribution in [0.5, 0.6) is 0 Å². The fourth-order valence-electron chi connectivity index (χ4n) is 1.31. The standard InChI is InChI=1S/C9H19NO3/c1-2-12-7-9(11)5-10-8-3-4-13-6-8/h8-11H,2-7H2,1H3. The maximum absolute atomic E-state index is 9.41. The molecular weight excluding hydrogens is 170 g/mol. The average Bonchev–Trinajstić information content (AvgIpc) is 2.64. The van der Waals surface area contributed by atoms with E-state index in [1.54, 1.807) is 0 Å². The monoisotopic (exact) mass is 189 g/mol. The van der Waals surface area contributed by atoms with Crippen LogP contribution in [-0.2, 0) is 9.47 Å². The second-order valence-corrected chi connectivity index (χ2v) is 3.28. The first-order chi connectivity index (χ1) is 6.33.